The van der Waals surface area contributed by atoms with Crippen LogP contribution >= 0.6 is 0 Å². The molecule has 0 atom stereocenters. The van der Waals surface area contributed by atoms with E-state index in [1.807, 2.05) is 48.5 Å². The molecular formula is C21H21NO4. The fraction of sp³-hybridized carbons (Fsp3) is 0.238. The highest BCUT2D eigenvalue weighted by Crippen LogP contribution is 2.20. The van der Waals surface area contributed by atoms with Crippen molar-refractivity contribution in [3.05, 3.63) is 65.9 Å². The first-order valence-electron chi connectivity index (χ1n) is 8.66. The van der Waals surface area contributed by atoms with E-state index in [9.17, 15) is 9.59 Å². The monoisotopic (exact) mass is 351 g/mol. The number of rotatable bonds is 8. The normalized spacial score (nSPS) is 10.7. The van der Waals surface area contributed by atoms with Crippen LogP contribution in [0.5, 0.6) is 0 Å². The SMILES string of the molecule is CCOC(=O)Cc1ccc(NCCC(=O)c2cc3ccccc3o2)cc1. The maximum absolute atomic E-state index is 12.3. The maximum atomic E-state index is 12.3. The molecule has 3 aromatic rings. The van der Waals surface area contributed by atoms with Gasteiger partial charge in [-0.2, -0.15) is 0 Å². The molecule has 0 saturated heterocycles. The molecule has 0 fully saturated rings. The average molecular weight is 351 g/mol. The zero-order chi connectivity index (χ0) is 18.4. The first-order valence-corrected chi connectivity index (χ1v) is 8.66. The van der Waals surface area contributed by atoms with Gasteiger partial charge < -0.3 is 14.5 Å². The van der Waals surface area contributed by atoms with E-state index in [0.717, 1.165) is 22.2 Å². The molecule has 0 aliphatic rings. The van der Waals surface area contributed by atoms with Crippen LogP contribution in [0.3, 0.4) is 0 Å². The third-order valence-electron chi connectivity index (χ3n) is 3.99. The molecule has 5 nitrogen and oxygen atoms in total. The van der Waals surface area contributed by atoms with Crippen LogP contribution in [-0.4, -0.2) is 24.9 Å². The number of para-hydroxylation sites is 1. The molecule has 0 bridgehead atoms. The highest BCUT2D eigenvalue weighted by Gasteiger charge is 2.11. The van der Waals surface area contributed by atoms with Crippen LogP contribution in [0.15, 0.2) is 59.0 Å². The Labute approximate surface area is 152 Å². The molecule has 0 unspecified atom stereocenters. The largest absolute Gasteiger partial charge is 0.466 e. The number of anilines is 1. The van der Waals surface area contributed by atoms with E-state index in [4.69, 9.17) is 9.15 Å². The average Bonchev–Trinajstić information content (AvgIpc) is 3.07. The number of hydrogen-bond donors (Lipinski definition) is 1. The number of furan rings is 1. The minimum absolute atomic E-state index is 0.0346. The molecule has 0 radical (unpaired) electrons. The summed E-state index contributed by atoms with van der Waals surface area (Å²) in [6.45, 7) is 2.68. The third-order valence-corrected chi connectivity index (χ3v) is 3.99. The number of Topliss-reactive ketones (excluding diaryl/α,β-unsaturated/α-hetero) is 1. The van der Waals surface area contributed by atoms with Crippen molar-refractivity contribution in [3.8, 4) is 0 Å². The quantitative estimate of drug-likeness (QED) is 0.486. The van der Waals surface area contributed by atoms with Crippen molar-refractivity contribution in [1.29, 1.82) is 0 Å². The number of hydrogen-bond acceptors (Lipinski definition) is 5. The summed E-state index contributed by atoms with van der Waals surface area (Å²) in [5.74, 6) is 0.120. The van der Waals surface area contributed by atoms with Crippen LogP contribution < -0.4 is 5.32 Å². The van der Waals surface area contributed by atoms with Crippen LogP contribution in [0, 0.1) is 0 Å². The van der Waals surface area contributed by atoms with Crippen LogP contribution in [-0.2, 0) is 16.0 Å². The van der Waals surface area contributed by atoms with Gasteiger partial charge in [0.25, 0.3) is 0 Å². The van der Waals surface area contributed by atoms with Gasteiger partial charge in [0, 0.05) is 24.0 Å². The van der Waals surface area contributed by atoms with Crippen molar-refractivity contribution < 1.29 is 18.7 Å². The lowest BCUT2D eigenvalue weighted by atomic mass is 10.1. The fourth-order valence-electron chi connectivity index (χ4n) is 2.68. The summed E-state index contributed by atoms with van der Waals surface area (Å²) in [4.78, 5) is 23.7. The lowest BCUT2D eigenvalue weighted by Crippen LogP contribution is -2.09. The van der Waals surface area contributed by atoms with E-state index in [2.05, 4.69) is 5.32 Å². The van der Waals surface area contributed by atoms with Crippen molar-refractivity contribution in [2.75, 3.05) is 18.5 Å². The molecule has 134 valence electrons. The number of esters is 1. The maximum Gasteiger partial charge on any atom is 0.310 e. The predicted octanol–water partition coefficient (Wildman–Crippen LogP) is 4.22. The third kappa shape index (κ3) is 4.51. The number of benzene rings is 2. The highest BCUT2D eigenvalue weighted by molar-refractivity contribution is 5.97. The topological polar surface area (TPSA) is 68.5 Å². The summed E-state index contributed by atoms with van der Waals surface area (Å²) in [5, 5.41) is 4.14. The predicted molar refractivity (Wildman–Crippen MR) is 100 cm³/mol. The minimum Gasteiger partial charge on any atom is -0.466 e. The van der Waals surface area contributed by atoms with E-state index in [-0.39, 0.29) is 18.2 Å². The second-order valence-corrected chi connectivity index (χ2v) is 5.93. The summed E-state index contributed by atoms with van der Waals surface area (Å²) in [6.07, 6.45) is 0.600. The van der Waals surface area contributed by atoms with E-state index < -0.39 is 0 Å². The Morgan fingerprint density at radius 1 is 1.08 bits per heavy atom. The molecule has 5 heteroatoms. The van der Waals surface area contributed by atoms with Gasteiger partial charge in [-0.15, -0.1) is 0 Å². The highest BCUT2D eigenvalue weighted by atomic mass is 16.5. The van der Waals surface area contributed by atoms with E-state index in [1.165, 1.54) is 0 Å². The Bertz CT molecular complexity index is 863. The number of ketones is 1. The number of carbonyl (C=O) groups excluding carboxylic acids is 2. The van der Waals surface area contributed by atoms with Crippen LogP contribution in [0.25, 0.3) is 11.0 Å². The van der Waals surface area contributed by atoms with Gasteiger partial charge in [0.2, 0.25) is 0 Å². The summed E-state index contributed by atoms with van der Waals surface area (Å²) in [6, 6.07) is 16.9. The Morgan fingerprint density at radius 2 is 1.85 bits per heavy atom. The van der Waals surface area contributed by atoms with Crippen molar-refractivity contribution in [1.82, 2.24) is 0 Å². The summed E-state index contributed by atoms with van der Waals surface area (Å²) < 4.78 is 10.5. The van der Waals surface area contributed by atoms with Gasteiger partial charge >= 0.3 is 5.97 Å². The molecule has 0 aliphatic heterocycles. The van der Waals surface area contributed by atoms with Crippen LogP contribution in [0.1, 0.15) is 29.5 Å². The Kier molecular flexibility index (Phi) is 5.69. The first kappa shape index (κ1) is 17.7. The zero-order valence-electron chi connectivity index (χ0n) is 14.7. The van der Waals surface area contributed by atoms with E-state index in [0.29, 0.717) is 25.3 Å². The summed E-state index contributed by atoms with van der Waals surface area (Å²) in [5.41, 5.74) is 2.52. The molecule has 3 rings (SSSR count). The standard InChI is InChI=1S/C21H21NO4/c1-2-25-21(24)13-15-7-9-17(10-8-15)22-12-11-18(23)20-14-16-5-3-4-6-19(16)26-20/h3-10,14,22H,2,11-13H2,1H3. The van der Waals surface area contributed by atoms with Crippen molar-refractivity contribution in [3.63, 3.8) is 0 Å². The van der Waals surface area contributed by atoms with Crippen LogP contribution in [0.4, 0.5) is 5.69 Å². The molecule has 0 amide bonds. The second kappa shape index (κ2) is 8.34. The van der Waals surface area contributed by atoms with Crippen molar-refractivity contribution in [2.24, 2.45) is 0 Å². The number of nitrogens with one attached hydrogen (secondary N) is 1. The smallest absolute Gasteiger partial charge is 0.310 e. The Morgan fingerprint density at radius 3 is 2.58 bits per heavy atom. The lowest BCUT2D eigenvalue weighted by Gasteiger charge is -2.07. The van der Waals surface area contributed by atoms with Gasteiger partial charge in [0.05, 0.1) is 13.0 Å². The molecule has 0 saturated carbocycles. The zero-order valence-corrected chi connectivity index (χ0v) is 14.7. The number of fused-ring (bicyclic) bond motifs is 1. The Balaban J connectivity index is 1.49. The fourth-order valence-corrected chi connectivity index (χ4v) is 2.68. The molecule has 26 heavy (non-hydrogen) atoms. The molecule has 2 aromatic carbocycles. The molecule has 0 spiro atoms. The molecule has 0 aliphatic carbocycles. The molecular weight excluding hydrogens is 330 g/mol. The van der Waals surface area contributed by atoms with Crippen molar-refractivity contribution in [2.45, 2.75) is 19.8 Å². The number of carbonyl (C=O) groups is 2. The van der Waals surface area contributed by atoms with E-state index >= 15 is 0 Å². The van der Waals surface area contributed by atoms with Gasteiger partial charge in [-0.05, 0) is 36.8 Å². The summed E-state index contributed by atoms with van der Waals surface area (Å²) >= 11 is 0. The Hall–Kier alpha value is -3.08. The van der Waals surface area contributed by atoms with Gasteiger partial charge in [-0.25, -0.2) is 0 Å². The van der Waals surface area contributed by atoms with Crippen LogP contribution in [0.2, 0.25) is 0 Å². The van der Waals surface area contributed by atoms with Crippen molar-refractivity contribution >= 4 is 28.4 Å². The minimum atomic E-state index is -0.232. The van der Waals surface area contributed by atoms with E-state index in [1.54, 1.807) is 13.0 Å². The number of ether oxygens (including phenoxy) is 1. The lowest BCUT2D eigenvalue weighted by molar-refractivity contribution is -0.142. The van der Waals surface area contributed by atoms with Gasteiger partial charge in [-0.1, -0.05) is 30.3 Å². The first-order chi connectivity index (χ1) is 12.7. The van der Waals surface area contributed by atoms with Gasteiger partial charge in [0.15, 0.2) is 11.5 Å². The summed E-state index contributed by atoms with van der Waals surface area (Å²) in [7, 11) is 0. The van der Waals surface area contributed by atoms with Gasteiger partial charge in [0.1, 0.15) is 5.58 Å². The molecule has 1 heterocycles. The molecule has 1 N–H and O–H groups in total. The molecule has 1 aromatic heterocycles. The van der Waals surface area contributed by atoms with Gasteiger partial charge in [-0.3, -0.25) is 9.59 Å². The second-order valence-electron chi connectivity index (χ2n) is 5.93.